The van der Waals surface area contributed by atoms with Crippen LogP contribution in [0.15, 0.2) is 6.07 Å². The van der Waals surface area contributed by atoms with Crippen LogP contribution in [0.5, 0.6) is 0 Å². The van der Waals surface area contributed by atoms with Crippen LogP contribution in [0.4, 0.5) is 23.4 Å². The van der Waals surface area contributed by atoms with Crippen molar-refractivity contribution < 1.29 is 17.6 Å². The predicted molar refractivity (Wildman–Crippen MR) is 64.5 cm³/mol. The highest BCUT2D eigenvalue weighted by Gasteiger charge is 2.27. The molecule has 1 aliphatic carbocycles. The van der Waals surface area contributed by atoms with Gasteiger partial charge >= 0.3 is 0 Å². The van der Waals surface area contributed by atoms with Crippen LogP contribution in [0.2, 0.25) is 0 Å². The predicted octanol–water partition coefficient (Wildman–Crippen LogP) is 2.89. The number of nitrogens with zero attached hydrogens (tertiary/aromatic N) is 2. The number of benzene rings is 1. The van der Waals surface area contributed by atoms with Gasteiger partial charge in [-0.15, -0.1) is 5.10 Å². The van der Waals surface area contributed by atoms with Crippen LogP contribution in [0.3, 0.4) is 0 Å². The molecule has 1 heterocycles. The molecule has 0 saturated carbocycles. The molecule has 20 heavy (non-hydrogen) atoms. The number of fused-ring (bicyclic) bond motifs is 1. The lowest BCUT2D eigenvalue weighted by Gasteiger charge is -2.15. The molecule has 0 aliphatic heterocycles. The van der Waals surface area contributed by atoms with Gasteiger partial charge in [0, 0.05) is 17.3 Å². The Bertz CT molecular complexity index is 667. The Morgan fingerprint density at radius 3 is 2.25 bits per heavy atom. The van der Waals surface area contributed by atoms with Gasteiger partial charge in [-0.05, 0) is 25.7 Å². The molecule has 0 atom stereocenters. The normalized spacial score (nSPS) is 14.4. The van der Waals surface area contributed by atoms with Crippen molar-refractivity contribution >= 4 is 5.82 Å². The smallest absolute Gasteiger partial charge is 0.187 e. The number of rotatable bonds is 1. The Morgan fingerprint density at radius 1 is 1.00 bits per heavy atom. The monoisotopic (exact) mass is 285 g/mol. The molecule has 1 aromatic heterocycles. The van der Waals surface area contributed by atoms with Crippen molar-refractivity contribution in [2.45, 2.75) is 25.7 Å². The van der Waals surface area contributed by atoms with E-state index in [1.165, 1.54) is 0 Å². The first-order chi connectivity index (χ1) is 9.50. The minimum atomic E-state index is -1.47. The number of hydrogen-bond donors (Lipinski definition) is 1. The summed E-state index contributed by atoms with van der Waals surface area (Å²) in [6.45, 7) is 0. The van der Waals surface area contributed by atoms with Gasteiger partial charge in [-0.1, -0.05) is 0 Å². The standard InChI is InChI=1S/C13H11F4N3/c14-7-5-8(15)11(17)12(10(7)16)20-9-4-2-1-3-6(9)13(18)19-20/h5H,1-4H2,(H2,18,19). The van der Waals surface area contributed by atoms with E-state index in [1.807, 2.05) is 0 Å². The fraction of sp³-hybridized carbons (Fsp3) is 0.308. The van der Waals surface area contributed by atoms with Gasteiger partial charge in [0.25, 0.3) is 0 Å². The minimum Gasteiger partial charge on any atom is -0.382 e. The Balaban J connectivity index is 2.30. The summed E-state index contributed by atoms with van der Waals surface area (Å²) >= 11 is 0. The Hall–Kier alpha value is -2.05. The molecular weight excluding hydrogens is 274 g/mol. The number of nitrogens with two attached hydrogens (primary N) is 1. The number of nitrogen functional groups attached to an aromatic ring is 1. The first kappa shape index (κ1) is 13.0. The second kappa shape index (κ2) is 4.50. The maximum atomic E-state index is 13.8. The SMILES string of the molecule is Nc1nn(-c2c(F)c(F)cc(F)c2F)c2c1CCCC2. The Kier molecular flexibility index (Phi) is 2.92. The molecule has 0 spiro atoms. The zero-order valence-electron chi connectivity index (χ0n) is 10.4. The second-order valence-electron chi connectivity index (χ2n) is 4.75. The van der Waals surface area contributed by atoms with Gasteiger partial charge in [0.1, 0.15) is 11.5 Å². The van der Waals surface area contributed by atoms with E-state index in [2.05, 4.69) is 5.10 Å². The van der Waals surface area contributed by atoms with Gasteiger partial charge in [-0.3, -0.25) is 0 Å². The van der Waals surface area contributed by atoms with E-state index in [-0.39, 0.29) is 11.9 Å². The molecule has 3 rings (SSSR count). The summed E-state index contributed by atoms with van der Waals surface area (Å²) in [5.41, 5.74) is 6.07. The van der Waals surface area contributed by atoms with Crippen LogP contribution < -0.4 is 5.73 Å². The summed E-state index contributed by atoms with van der Waals surface area (Å²) in [6, 6.07) is 0.174. The number of halogens is 4. The van der Waals surface area contributed by atoms with Crippen molar-refractivity contribution in [1.82, 2.24) is 9.78 Å². The topological polar surface area (TPSA) is 43.8 Å². The summed E-state index contributed by atoms with van der Waals surface area (Å²) in [5.74, 6) is -5.72. The highest BCUT2D eigenvalue weighted by molar-refractivity contribution is 5.49. The van der Waals surface area contributed by atoms with Gasteiger partial charge in [0.2, 0.25) is 0 Å². The van der Waals surface area contributed by atoms with E-state index in [0.29, 0.717) is 24.1 Å². The highest BCUT2D eigenvalue weighted by atomic mass is 19.2. The van der Waals surface area contributed by atoms with Crippen LogP contribution in [0, 0.1) is 23.3 Å². The average Bonchev–Trinajstić information content (AvgIpc) is 2.75. The van der Waals surface area contributed by atoms with Crippen molar-refractivity contribution in [3.05, 3.63) is 40.6 Å². The summed E-state index contributed by atoms with van der Waals surface area (Å²) in [6.07, 6.45) is 2.85. The third kappa shape index (κ3) is 1.76. The summed E-state index contributed by atoms with van der Waals surface area (Å²) < 4.78 is 55.1. The lowest BCUT2D eigenvalue weighted by atomic mass is 9.97. The number of anilines is 1. The zero-order chi connectivity index (χ0) is 14.4. The van der Waals surface area contributed by atoms with Crippen molar-refractivity contribution in [1.29, 1.82) is 0 Å². The minimum absolute atomic E-state index is 0.142. The molecule has 0 unspecified atom stereocenters. The Labute approximate surface area is 112 Å². The first-order valence-electron chi connectivity index (χ1n) is 6.20. The van der Waals surface area contributed by atoms with Gasteiger partial charge in [0.05, 0.1) is 0 Å². The van der Waals surface area contributed by atoms with E-state index in [4.69, 9.17) is 5.73 Å². The van der Waals surface area contributed by atoms with Crippen molar-refractivity contribution in [2.75, 3.05) is 5.73 Å². The maximum Gasteiger partial charge on any atom is 0.187 e. The van der Waals surface area contributed by atoms with Crippen LogP contribution in [-0.2, 0) is 12.8 Å². The molecule has 2 N–H and O–H groups in total. The molecule has 106 valence electrons. The van der Waals surface area contributed by atoms with E-state index in [0.717, 1.165) is 17.5 Å². The summed E-state index contributed by atoms with van der Waals surface area (Å²) in [5, 5.41) is 3.85. The van der Waals surface area contributed by atoms with Crippen molar-refractivity contribution in [3.63, 3.8) is 0 Å². The highest BCUT2D eigenvalue weighted by Crippen LogP contribution is 2.31. The molecule has 3 nitrogen and oxygen atoms in total. The molecule has 1 aromatic carbocycles. The van der Waals surface area contributed by atoms with Gasteiger partial charge in [-0.2, -0.15) is 0 Å². The molecule has 0 amide bonds. The van der Waals surface area contributed by atoms with Gasteiger partial charge in [0.15, 0.2) is 23.3 Å². The third-order valence-corrected chi connectivity index (χ3v) is 3.51. The second-order valence-corrected chi connectivity index (χ2v) is 4.75. The van der Waals surface area contributed by atoms with E-state index in [1.54, 1.807) is 0 Å². The Morgan fingerprint density at radius 2 is 1.60 bits per heavy atom. The molecule has 2 aromatic rings. The molecule has 0 saturated heterocycles. The van der Waals surface area contributed by atoms with Crippen LogP contribution >= 0.6 is 0 Å². The lowest BCUT2D eigenvalue weighted by Crippen LogP contribution is -2.13. The molecule has 0 radical (unpaired) electrons. The van der Waals surface area contributed by atoms with Crippen molar-refractivity contribution in [3.8, 4) is 5.69 Å². The van der Waals surface area contributed by atoms with Crippen LogP contribution in [0.25, 0.3) is 5.69 Å². The van der Waals surface area contributed by atoms with E-state index in [9.17, 15) is 17.6 Å². The number of aromatic nitrogens is 2. The molecule has 1 aliphatic rings. The van der Waals surface area contributed by atoms with E-state index < -0.39 is 29.0 Å². The third-order valence-electron chi connectivity index (χ3n) is 3.51. The fourth-order valence-electron chi connectivity index (χ4n) is 2.56. The quantitative estimate of drug-likeness (QED) is 0.646. The van der Waals surface area contributed by atoms with Gasteiger partial charge < -0.3 is 5.73 Å². The maximum absolute atomic E-state index is 13.8. The van der Waals surface area contributed by atoms with Crippen molar-refractivity contribution in [2.24, 2.45) is 0 Å². The van der Waals surface area contributed by atoms with Crippen LogP contribution in [-0.4, -0.2) is 9.78 Å². The summed E-state index contributed by atoms with van der Waals surface area (Å²) in [4.78, 5) is 0. The molecule has 0 fully saturated rings. The largest absolute Gasteiger partial charge is 0.382 e. The molecular formula is C13H11F4N3. The zero-order valence-corrected chi connectivity index (χ0v) is 10.4. The number of hydrogen-bond acceptors (Lipinski definition) is 2. The lowest BCUT2D eigenvalue weighted by molar-refractivity contribution is 0.442. The van der Waals surface area contributed by atoms with Gasteiger partial charge in [-0.25, -0.2) is 22.2 Å². The first-order valence-corrected chi connectivity index (χ1v) is 6.20. The molecule has 0 bridgehead atoms. The fourth-order valence-corrected chi connectivity index (χ4v) is 2.56. The van der Waals surface area contributed by atoms with Crippen LogP contribution in [0.1, 0.15) is 24.1 Å². The van der Waals surface area contributed by atoms with E-state index >= 15 is 0 Å². The average molecular weight is 285 g/mol. The summed E-state index contributed by atoms with van der Waals surface area (Å²) in [7, 11) is 0. The molecule has 7 heteroatoms.